The predicted molar refractivity (Wildman–Crippen MR) is 165 cm³/mol. The first-order chi connectivity index (χ1) is 18.4. The van der Waals surface area contributed by atoms with Crippen molar-refractivity contribution in [3.8, 4) is 16.6 Å². The maximum absolute atomic E-state index is 10.2. The lowest BCUT2D eigenvalue weighted by Crippen LogP contribution is -2.44. The normalized spacial score (nSPS) is 17.9. The van der Waals surface area contributed by atoms with E-state index >= 15 is 0 Å². The highest BCUT2D eigenvalue weighted by Gasteiger charge is 2.40. The van der Waals surface area contributed by atoms with E-state index in [4.69, 9.17) is 33.3 Å². The molecule has 1 saturated carbocycles. The van der Waals surface area contributed by atoms with Gasteiger partial charge in [0.25, 0.3) is 0 Å². The Labute approximate surface area is 245 Å². The maximum atomic E-state index is 10.2. The SMILES string of the molecule is [C-]#[N+]c1c(N)nc(SCc2csc(-c3ccc(Cl)cc3)n2)c(C#N)c1C1CCC(O[Si](C)(C)C(C)(C)C)CC1. The van der Waals surface area contributed by atoms with Gasteiger partial charge < -0.3 is 10.2 Å². The van der Waals surface area contributed by atoms with Crippen LogP contribution in [0.5, 0.6) is 0 Å². The van der Waals surface area contributed by atoms with Gasteiger partial charge in [0.05, 0.1) is 17.8 Å². The smallest absolute Gasteiger partial charge is 0.232 e. The second kappa shape index (κ2) is 12.0. The van der Waals surface area contributed by atoms with Crippen molar-refractivity contribution in [3.63, 3.8) is 0 Å². The van der Waals surface area contributed by atoms with Crippen molar-refractivity contribution in [1.29, 1.82) is 5.26 Å². The second-order valence-corrected chi connectivity index (χ2v) is 18.5. The number of rotatable bonds is 7. The number of thioether (sulfide) groups is 1. The highest BCUT2D eigenvalue weighted by Crippen LogP contribution is 2.46. The number of nitrogens with zero attached hydrogens (tertiary/aromatic N) is 4. The van der Waals surface area contributed by atoms with Gasteiger partial charge in [-0.05, 0) is 67.4 Å². The molecule has 10 heteroatoms. The van der Waals surface area contributed by atoms with E-state index in [0.717, 1.165) is 47.5 Å². The van der Waals surface area contributed by atoms with E-state index in [-0.39, 0.29) is 22.9 Å². The summed E-state index contributed by atoms with van der Waals surface area (Å²) in [6.07, 6.45) is 3.77. The molecule has 1 aliphatic carbocycles. The van der Waals surface area contributed by atoms with Crippen LogP contribution in [0.15, 0.2) is 34.7 Å². The van der Waals surface area contributed by atoms with Gasteiger partial charge in [0.1, 0.15) is 21.9 Å². The molecule has 1 aliphatic rings. The van der Waals surface area contributed by atoms with Gasteiger partial charge in [-0.1, -0.05) is 56.3 Å². The minimum atomic E-state index is -1.86. The summed E-state index contributed by atoms with van der Waals surface area (Å²) in [5.74, 6) is 0.833. The number of nitrogens with two attached hydrogens (primary N) is 1. The molecule has 0 spiro atoms. The van der Waals surface area contributed by atoms with Crippen LogP contribution < -0.4 is 5.73 Å². The van der Waals surface area contributed by atoms with E-state index in [1.54, 1.807) is 11.3 Å². The Bertz CT molecular complexity index is 1410. The van der Waals surface area contributed by atoms with Crippen LogP contribution in [-0.4, -0.2) is 24.4 Å². The molecule has 1 fully saturated rings. The number of hydrogen-bond donors (Lipinski definition) is 1. The average molecular weight is 596 g/mol. The molecule has 4 rings (SSSR count). The lowest BCUT2D eigenvalue weighted by Gasteiger charge is -2.41. The van der Waals surface area contributed by atoms with Gasteiger partial charge >= 0.3 is 0 Å². The highest BCUT2D eigenvalue weighted by atomic mass is 35.5. The van der Waals surface area contributed by atoms with E-state index in [1.807, 2.05) is 29.6 Å². The Morgan fingerprint density at radius 2 is 1.87 bits per heavy atom. The Balaban J connectivity index is 1.52. The van der Waals surface area contributed by atoms with Crippen molar-refractivity contribution in [1.82, 2.24) is 9.97 Å². The van der Waals surface area contributed by atoms with Gasteiger partial charge in [-0.2, -0.15) is 5.26 Å². The van der Waals surface area contributed by atoms with Crippen LogP contribution in [0.3, 0.4) is 0 Å². The topological polar surface area (TPSA) is 89.2 Å². The monoisotopic (exact) mass is 595 g/mol. The molecule has 39 heavy (non-hydrogen) atoms. The van der Waals surface area contributed by atoms with Crippen molar-refractivity contribution >= 4 is 54.5 Å². The van der Waals surface area contributed by atoms with Gasteiger partial charge in [0.15, 0.2) is 8.32 Å². The molecule has 6 nitrogen and oxygen atoms in total. The van der Waals surface area contributed by atoms with Crippen LogP contribution >= 0.6 is 34.7 Å². The summed E-state index contributed by atoms with van der Waals surface area (Å²) in [7, 11) is -1.86. The molecule has 3 aromatic rings. The molecule has 0 radical (unpaired) electrons. The molecule has 0 amide bonds. The third-order valence-electron chi connectivity index (χ3n) is 7.78. The van der Waals surface area contributed by atoms with Crippen LogP contribution in [0.1, 0.15) is 69.2 Å². The molecule has 0 unspecified atom stereocenters. The van der Waals surface area contributed by atoms with E-state index in [2.05, 4.69) is 49.8 Å². The number of benzene rings is 1. The van der Waals surface area contributed by atoms with Gasteiger partial charge in [0.2, 0.25) is 5.69 Å². The molecule has 2 heterocycles. The van der Waals surface area contributed by atoms with Crippen molar-refractivity contribution in [3.05, 3.63) is 62.9 Å². The van der Waals surface area contributed by atoms with Crippen LogP contribution in [0.4, 0.5) is 11.5 Å². The van der Waals surface area contributed by atoms with E-state index in [9.17, 15) is 5.26 Å². The Morgan fingerprint density at radius 1 is 1.21 bits per heavy atom. The fraction of sp³-hybridized carbons (Fsp3) is 0.448. The lowest BCUT2D eigenvalue weighted by molar-refractivity contribution is 0.130. The molecule has 2 N–H and O–H groups in total. The van der Waals surface area contributed by atoms with Gasteiger partial charge in [0, 0.05) is 27.8 Å². The first-order valence-electron chi connectivity index (χ1n) is 13.1. The van der Waals surface area contributed by atoms with Crippen molar-refractivity contribution in [2.75, 3.05) is 5.73 Å². The Kier molecular flexibility index (Phi) is 9.10. The van der Waals surface area contributed by atoms with Crippen molar-refractivity contribution in [2.45, 2.75) is 87.4 Å². The third kappa shape index (κ3) is 6.67. The number of nitriles is 1. The minimum absolute atomic E-state index is 0.0865. The molecule has 204 valence electrons. The van der Waals surface area contributed by atoms with Crippen LogP contribution in [0.2, 0.25) is 23.2 Å². The predicted octanol–water partition coefficient (Wildman–Crippen LogP) is 9.20. The second-order valence-electron chi connectivity index (χ2n) is 11.5. The first kappa shape index (κ1) is 29.6. The zero-order valence-corrected chi connectivity index (χ0v) is 26.4. The van der Waals surface area contributed by atoms with Gasteiger partial charge in [-0.3, -0.25) is 0 Å². The van der Waals surface area contributed by atoms with E-state index < -0.39 is 8.32 Å². The summed E-state index contributed by atoms with van der Waals surface area (Å²) in [5, 5.41) is 14.6. The number of pyridine rings is 1. The summed E-state index contributed by atoms with van der Waals surface area (Å²) in [5.41, 5.74) is 9.76. The summed E-state index contributed by atoms with van der Waals surface area (Å²) in [4.78, 5) is 13.0. The largest absolute Gasteiger partial charge is 0.414 e. The molecule has 2 aromatic heterocycles. The summed E-state index contributed by atoms with van der Waals surface area (Å²) < 4.78 is 6.68. The lowest BCUT2D eigenvalue weighted by atomic mass is 9.80. The zero-order chi connectivity index (χ0) is 28.4. The van der Waals surface area contributed by atoms with Crippen LogP contribution in [-0.2, 0) is 10.2 Å². The molecular formula is C29H34ClN5OS2Si. The quantitative estimate of drug-likeness (QED) is 0.166. The van der Waals surface area contributed by atoms with Gasteiger partial charge in [-0.15, -0.1) is 11.3 Å². The fourth-order valence-corrected chi connectivity index (χ4v) is 8.00. The average Bonchev–Trinajstić information content (AvgIpc) is 3.36. The number of nitrogen functional groups attached to an aromatic ring is 1. The Morgan fingerprint density at radius 3 is 2.46 bits per heavy atom. The van der Waals surface area contributed by atoms with Gasteiger partial charge in [-0.25, -0.2) is 14.8 Å². The standard InChI is InChI=1S/C29H34ClN5OS2Si/c1-29(2,3)39(5,6)36-22-13-9-18(10-14-22)24-23(15-31)28(35-26(32)25(24)33-4)38-17-21-16-37-27(34-21)19-7-11-20(30)12-8-19/h7-8,11-12,16,18,22H,9-10,13-14,17H2,1-3,5-6H3,(H2,32,35). The molecule has 0 atom stereocenters. The summed E-state index contributed by atoms with van der Waals surface area (Å²) >= 11 is 9.03. The zero-order valence-electron chi connectivity index (χ0n) is 23.0. The number of aromatic nitrogens is 2. The fourth-order valence-electron chi connectivity index (χ4n) is 4.62. The first-order valence-corrected chi connectivity index (χ1v) is 18.2. The number of anilines is 1. The molecule has 1 aromatic carbocycles. The molecule has 0 aliphatic heterocycles. The summed E-state index contributed by atoms with van der Waals surface area (Å²) in [6.45, 7) is 19.2. The number of thiazole rings is 1. The highest BCUT2D eigenvalue weighted by molar-refractivity contribution is 7.98. The van der Waals surface area contributed by atoms with E-state index in [1.165, 1.54) is 11.8 Å². The van der Waals surface area contributed by atoms with Crippen LogP contribution in [0.25, 0.3) is 15.4 Å². The maximum Gasteiger partial charge on any atom is 0.232 e. The third-order valence-corrected chi connectivity index (χ3v) is 14.5. The summed E-state index contributed by atoms with van der Waals surface area (Å²) in [6, 6.07) is 9.98. The minimum Gasteiger partial charge on any atom is -0.414 e. The molecule has 0 saturated heterocycles. The number of hydrogen-bond acceptors (Lipinski definition) is 7. The molecular weight excluding hydrogens is 562 g/mol. The number of halogens is 1. The van der Waals surface area contributed by atoms with Crippen LogP contribution in [0, 0.1) is 17.9 Å². The molecule has 0 bridgehead atoms. The van der Waals surface area contributed by atoms with Crippen molar-refractivity contribution in [2.24, 2.45) is 0 Å². The van der Waals surface area contributed by atoms with Crippen molar-refractivity contribution < 1.29 is 4.43 Å². The van der Waals surface area contributed by atoms with E-state index in [0.29, 0.717) is 27.1 Å². The Hall–Kier alpha value is -2.40.